The molecule has 6 heteroatoms. The summed E-state index contributed by atoms with van der Waals surface area (Å²) in [6.07, 6.45) is -0.0588. The molecule has 0 fully saturated rings. The van der Waals surface area contributed by atoms with Crippen LogP contribution in [0, 0.1) is 10.1 Å². The number of hydrogen-bond acceptors (Lipinski definition) is 5. The zero-order valence-corrected chi connectivity index (χ0v) is 6.88. The van der Waals surface area contributed by atoms with E-state index in [0.717, 1.165) is 0 Å². The fourth-order valence-electron chi connectivity index (χ4n) is 0.827. The topological polar surface area (TPSA) is 86.5 Å². The molecule has 0 bridgehead atoms. The largest absolute Gasteiger partial charge is 0.414 e. The molecule has 0 saturated heterocycles. The second-order valence-corrected chi connectivity index (χ2v) is 2.26. The summed E-state index contributed by atoms with van der Waals surface area (Å²) in [6, 6.07) is 5.30. The molecule has 0 unspecified atom stereocenters. The summed E-state index contributed by atoms with van der Waals surface area (Å²) in [5, 5.41) is 10.4. The predicted octanol–water partition coefficient (Wildman–Crippen LogP) is 0.699. The van der Waals surface area contributed by atoms with Gasteiger partial charge in [0.15, 0.2) is 0 Å². The third-order valence-corrected chi connectivity index (χ3v) is 1.37. The molecule has 0 atom stereocenters. The van der Waals surface area contributed by atoms with Crippen molar-refractivity contribution in [2.45, 2.75) is 0 Å². The Balaban J connectivity index is 3.01. The molecule has 0 aliphatic carbocycles. The molecule has 0 heterocycles. The normalized spacial score (nSPS) is 9.14. The lowest BCUT2D eigenvalue weighted by Gasteiger charge is -1.99. The highest BCUT2D eigenvalue weighted by atomic mass is 16.6. The maximum Gasteiger partial charge on any atom is 0.376 e. The van der Waals surface area contributed by atoms with Crippen molar-refractivity contribution in [2.75, 3.05) is 0 Å². The molecule has 6 nitrogen and oxygen atoms in total. The van der Waals surface area contributed by atoms with Gasteiger partial charge in [-0.05, 0) is 6.07 Å². The first-order valence-electron chi connectivity index (χ1n) is 3.55. The lowest BCUT2D eigenvalue weighted by Crippen LogP contribution is -2.09. The van der Waals surface area contributed by atoms with Gasteiger partial charge in [-0.1, -0.05) is 12.1 Å². The molecule has 0 N–H and O–H groups in total. The minimum absolute atomic E-state index is 0.0588. The number of carbonyl (C=O) groups excluding carboxylic acids is 2. The van der Waals surface area contributed by atoms with Gasteiger partial charge in [-0.3, -0.25) is 14.9 Å². The van der Waals surface area contributed by atoms with Crippen LogP contribution >= 0.6 is 0 Å². The number of nitro benzene ring substituents is 1. The van der Waals surface area contributed by atoms with Gasteiger partial charge < -0.3 is 4.74 Å². The predicted molar refractivity (Wildman–Crippen MR) is 44.8 cm³/mol. The monoisotopic (exact) mass is 195 g/mol. The average molecular weight is 195 g/mol. The maximum absolute atomic E-state index is 10.5. The molecule has 72 valence electrons. The third-order valence-electron chi connectivity index (χ3n) is 1.37. The number of ether oxygens (including phenoxy) is 1. The van der Waals surface area contributed by atoms with Crippen molar-refractivity contribution in [3.05, 3.63) is 34.4 Å². The van der Waals surface area contributed by atoms with E-state index in [4.69, 9.17) is 0 Å². The highest BCUT2D eigenvalue weighted by Crippen LogP contribution is 2.25. The molecule has 0 aliphatic heterocycles. The maximum atomic E-state index is 10.5. The molecule has 14 heavy (non-hydrogen) atoms. The van der Waals surface area contributed by atoms with E-state index in [0.29, 0.717) is 0 Å². The van der Waals surface area contributed by atoms with E-state index in [9.17, 15) is 19.7 Å². The van der Waals surface area contributed by atoms with Crippen LogP contribution in [0.2, 0.25) is 0 Å². The molecule has 1 rings (SSSR count). The number of carbonyl (C=O) groups is 2. The van der Waals surface area contributed by atoms with Crippen molar-refractivity contribution >= 4 is 17.9 Å². The van der Waals surface area contributed by atoms with E-state index in [-0.39, 0.29) is 17.7 Å². The second-order valence-electron chi connectivity index (χ2n) is 2.26. The number of esters is 1. The van der Waals surface area contributed by atoms with Crippen molar-refractivity contribution in [1.82, 2.24) is 0 Å². The second kappa shape index (κ2) is 4.13. The molecule has 0 saturated carbocycles. The standard InChI is InChI=1S/C8H5NO5/c10-5-8(11)14-7-4-2-1-3-6(7)9(12)13/h1-5H. The minimum Gasteiger partial charge on any atom is -0.414 e. The van der Waals surface area contributed by atoms with Crippen LogP contribution in [0.5, 0.6) is 5.75 Å². The Labute approximate surface area is 78.3 Å². The number of para-hydroxylation sites is 2. The van der Waals surface area contributed by atoms with Gasteiger partial charge in [0.25, 0.3) is 0 Å². The Bertz CT molecular complexity index is 387. The molecule has 0 spiro atoms. The lowest BCUT2D eigenvalue weighted by atomic mass is 10.3. The summed E-state index contributed by atoms with van der Waals surface area (Å²) in [7, 11) is 0. The van der Waals surface area contributed by atoms with Gasteiger partial charge in [-0.2, -0.15) is 0 Å². The smallest absolute Gasteiger partial charge is 0.376 e. The quantitative estimate of drug-likeness (QED) is 0.177. The number of nitro groups is 1. The van der Waals surface area contributed by atoms with Crippen LogP contribution in [-0.4, -0.2) is 17.2 Å². The zero-order valence-electron chi connectivity index (χ0n) is 6.88. The molecule has 0 amide bonds. The van der Waals surface area contributed by atoms with Gasteiger partial charge in [0, 0.05) is 6.07 Å². The van der Waals surface area contributed by atoms with Gasteiger partial charge in [-0.25, -0.2) is 4.79 Å². The van der Waals surface area contributed by atoms with Crippen molar-refractivity contribution < 1.29 is 19.2 Å². The van der Waals surface area contributed by atoms with Crippen LogP contribution in [0.4, 0.5) is 5.69 Å². The molecule has 0 aliphatic rings. The van der Waals surface area contributed by atoms with Gasteiger partial charge in [0.1, 0.15) is 0 Å². The molecular formula is C8H5NO5. The Morgan fingerprint density at radius 2 is 2.07 bits per heavy atom. The molecule has 0 radical (unpaired) electrons. The first-order chi connectivity index (χ1) is 6.65. The van der Waals surface area contributed by atoms with Gasteiger partial charge in [0.2, 0.25) is 12.0 Å². The van der Waals surface area contributed by atoms with Crippen molar-refractivity contribution in [1.29, 1.82) is 0 Å². The van der Waals surface area contributed by atoms with Crippen LogP contribution in [0.25, 0.3) is 0 Å². The number of benzene rings is 1. The Kier molecular flexibility index (Phi) is 2.90. The molecule has 0 aromatic heterocycles. The molecular weight excluding hydrogens is 190 g/mol. The van der Waals surface area contributed by atoms with E-state index in [1.165, 1.54) is 24.3 Å². The zero-order chi connectivity index (χ0) is 10.6. The molecule has 1 aromatic rings. The van der Waals surface area contributed by atoms with Crippen LogP contribution < -0.4 is 4.74 Å². The summed E-state index contributed by atoms with van der Waals surface area (Å²) in [4.78, 5) is 30.2. The summed E-state index contributed by atoms with van der Waals surface area (Å²) >= 11 is 0. The van der Waals surface area contributed by atoms with Gasteiger partial charge in [-0.15, -0.1) is 0 Å². The van der Waals surface area contributed by atoms with Crippen LogP contribution in [-0.2, 0) is 9.59 Å². The minimum atomic E-state index is -1.17. The fourth-order valence-corrected chi connectivity index (χ4v) is 0.827. The summed E-state index contributed by atoms with van der Waals surface area (Å²) in [5.41, 5.74) is -0.359. The summed E-state index contributed by atoms with van der Waals surface area (Å²) < 4.78 is 4.41. The summed E-state index contributed by atoms with van der Waals surface area (Å²) in [5.74, 6) is -1.41. The van der Waals surface area contributed by atoms with Crippen molar-refractivity contribution in [2.24, 2.45) is 0 Å². The Hall–Kier alpha value is -2.24. The summed E-state index contributed by atoms with van der Waals surface area (Å²) in [6.45, 7) is 0. The number of hydrogen-bond donors (Lipinski definition) is 0. The van der Waals surface area contributed by atoms with E-state index in [2.05, 4.69) is 4.74 Å². The first kappa shape index (κ1) is 9.85. The van der Waals surface area contributed by atoms with E-state index in [1.54, 1.807) is 0 Å². The number of aldehydes is 1. The van der Waals surface area contributed by atoms with Gasteiger partial charge in [0.05, 0.1) is 4.92 Å². The lowest BCUT2D eigenvalue weighted by molar-refractivity contribution is -0.385. The van der Waals surface area contributed by atoms with Crippen molar-refractivity contribution in [3.8, 4) is 5.75 Å². The number of rotatable bonds is 3. The van der Waals surface area contributed by atoms with Gasteiger partial charge >= 0.3 is 11.7 Å². The Morgan fingerprint density at radius 3 is 2.64 bits per heavy atom. The SMILES string of the molecule is O=CC(=O)Oc1ccccc1[N+](=O)[O-]. The average Bonchev–Trinajstić information content (AvgIpc) is 2.18. The van der Waals surface area contributed by atoms with Crippen LogP contribution in [0.1, 0.15) is 0 Å². The van der Waals surface area contributed by atoms with Crippen molar-refractivity contribution in [3.63, 3.8) is 0 Å². The van der Waals surface area contributed by atoms with E-state index < -0.39 is 10.9 Å². The Morgan fingerprint density at radius 1 is 1.43 bits per heavy atom. The highest BCUT2D eigenvalue weighted by molar-refractivity contribution is 6.21. The van der Waals surface area contributed by atoms with E-state index in [1.807, 2.05) is 0 Å². The number of nitrogens with zero attached hydrogens (tertiary/aromatic N) is 1. The van der Waals surface area contributed by atoms with Crippen LogP contribution in [0.15, 0.2) is 24.3 Å². The van der Waals surface area contributed by atoms with E-state index >= 15 is 0 Å². The third kappa shape index (κ3) is 2.13. The molecule has 1 aromatic carbocycles. The highest BCUT2D eigenvalue weighted by Gasteiger charge is 2.16. The van der Waals surface area contributed by atoms with Crippen LogP contribution in [0.3, 0.4) is 0 Å². The fraction of sp³-hybridized carbons (Fsp3) is 0. The first-order valence-corrected chi connectivity index (χ1v) is 3.55.